The van der Waals surface area contributed by atoms with Crippen LogP contribution in [-0.4, -0.2) is 78.5 Å². The smallest absolute Gasteiger partial charge is 0.410 e. The summed E-state index contributed by atoms with van der Waals surface area (Å²) in [5, 5.41) is 0. The van der Waals surface area contributed by atoms with E-state index in [1.165, 1.54) is 4.90 Å². The number of cyclic esters (lactones) is 1. The molecule has 0 N–H and O–H groups in total. The van der Waals surface area contributed by atoms with Gasteiger partial charge in [-0.2, -0.15) is 0 Å². The number of benzene rings is 1. The molecule has 7 heteroatoms. The highest BCUT2D eigenvalue weighted by atomic mass is 16.6. The minimum atomic E-state index is -0.434. The Kier molecular flexibility index (Phi) is 5.88. The lowest BCUT2D eigenvalue weighted by atomic mass is 10.2. The maximum absolute atomic E-state index is 12.4. The molecular weight excluding hydrogens is 334 g/mol. The van der Waals surface area contributed by atoms with Crippen LogP contribution in [0.2, 0.25) is 0 Å². The van der Waals surface area contributed by atoms with E-state index in [-0.39, 0.29) is 18.4 Å². The van der Waals surface area contributed by atoms with E-state index in [0.717, 1.165) is 12.0 Å². The molecule has 2 fully saturated rings. The number of carbonyl (C=O) groups excluding carboxylic acids is 3. The second kappa shape index (κ2) is 8.51. The quantitative estimate of drug-likeness (QED) is 0.760. The Labute approximate surface area is 152 Å². The minimum Gasteiger partial charge on any atom is -0.448 e. The second-order valence-corrected chi connectivity index (χ2v) is 6.34. The molecule has 138 valence electrons. The predicted octanol–water partition coefficient (Wildman–Crippen LogP) is 1.21. The van der Waals surface area contributed by atoms with Crippen molar-refractivity contribution in [1.82, 2.24) is 14.7 Å². The van der Waals surface area contributed by atoms with Crippen molar-refractivity contribution >= 4 is 24.0 Å². The first-order chi connectivity index (χ1) is 12.6. The average molecular weight is 357 g/mol. The molecule has 0 aromatic heterocycles. The van der Waals surface area contributed by atoms with Crippen LogP contribution in [-0.2, 0) is 14.3 Å². The molecule has 0 aliphatic carbocycles. The van der Waals surface area contributed by atoms with Gasteiger partial charge in [0.1, 0.15) is 13.2 Å². The molecule has 0 unspecified atom stereocenters. The van der Waals surface area contributed by atoms with E-state index in [4.69, 9.17) is 4.74 Å². The molecule has 0 bridgehead atoms. The van der Waals surface area contributed by atoms with Gasteiger partial charge in [0.15, 0.2) is 0 Å². The third kappa shape index (κ3) is 4.62. The zero-order chi connectivity index (χ0) is 18.4. The molecule has 2 aliphatic heterocycles. The van der Waals surface area contributed by atoms with Gasteiger partial charge < -0.3 is 14.5 Å². The highest BCUT2D eigenvalue weighted by Crippen LogP contribution is 2.09. The van der Waals surface area contributed by atoms with E-state index in [1.54, 1.807) is 22.0 Å². The van der Waals surface area contributed by atoms with E-state index >= 15 is 0 Å². The van der Waals surface area contributed by atoms with Crippen LogP contribution in [0.15, 0.2) is 36.4 Å². The predicted molar refractivity (Wildman–Crippen MR) is 96.2 cm³/mol. The van der Waals surface area contributed by atoms with Gasteiger partial charge in [-0.25, -0.2) is 4.79 Å². The summed E-state index contributed by atoms with van der Waals surface area (Å²) in [4.78, 5) is 41.1. The third-order valence-electron chi connectivity index (χ3n) is 4.55. The van der Waals surface area contributed by atoms with Crippen molar-refractivity contribution in [3.05, 3.63) is 42.0 Å². The highest BCUT2D eigenvalue weighted by Gasteiger charge is 2.27. The fourth-order valence-electron chi connectivity index (χ4n) is 3.06. The van der Waals surface area contributed by atoms with Gasteiger partial charge in [-0.3, -0.25) is 14.5 Å². The van der Waals surface area contributed by atoms with Gasteiger partial charge in [-0.05, 0) is 18.1 Å². The van der Waals surface area contributed by atoms with Crippen molar-refractivity contribution in [2.75, 3.05) is 45.9 Å². The zero-order valence-electron chi connectivity index (χ0n) is 14.7. The lowest BCUT2D eigenvalue weighted by Gasteiger charge is -2.23. The van der Waals surface area contributed by atoms with Gasteiger partial charge in [0.2, 0.25) is 11.8 Å². The number of rotatable bonds is 4. The van der Waals surface area contributed by atoms with Crippen LogP contribution >= 0.6 is 0 Å². The van der Waals surface area contributed by atoms with Crippen LogP contribution in [0, 0.1) is 0 Å². The van der Waals surface area contributed by atoms with Crippen molar-refractivity contribution in [2.24, 2.45) is 0 Å². The van der Waals surface area contributed by atoms with Crippen molar-refractivity contribution < 1.29 is 19.1 Å². The van der Waals surface area contributed by atoms with Crippen LogP contribution < -0.4 is 0 Å². The molecule has 2 saturated heterocycles. The monoisotopic (exact) mass is 357 g/mol. The van der Waals surface area contributed by atoms with Crippen LogP contribution in [0.5, 0.6) is 0 Å². The van der Waals surface area contributed by atoms with Gasteiger partial charge >= 0.3 is 6.09 Å². The summed E-state index contributed by atoms with van der Waals surface area (Å²) in [6.45, 7) is 3.01. The average Bonchev–Trinajstić information content (AvgIpc) is 2.91. The lowest BCUT2D eigenvalue weighted by molar-refractivity contribution is -0.132. The molecule has 3 rings (SSSR count). The largest absolute Gasteiger partial charge is 0.448 e. The van der Waals surface area contributed by atoms with Gasteiger partial charge in [-0.1, -0.05) is 30.3 Å². The second-order valence-electron chi connectivity index (χ2n) is 6.34. The first-order valence-electron chi connectivity index (χ1n) is 8.85. The minimum absolute atomic E-state index is 0.0424. The number of nitrogens with zero attached hydrogens (tertiary/aromatic N) is 3. The Morgan fingerprint density at radius 1 is 1.00 bits per heavy atom. The van der Waals surface area contributed by atoms with Gasteiger partial charge in [0.25, 0.3) is 0 Å². The van der Waals surface area contributed by atoms with E-state index < -0.39 is 6.09 Å². The fourth-order valence-corrected chi connectivity index (χ4v) is 3.06. The molecule has 26 heavy (non-hydrogen) atoms. The summed E-state index contributed by atoms with van der Waals surface area (Å²) in [5.41, 5.74) is 0.977. The Morgan fingerprint density at radius 2 is 1.73 bits per heavy atom. The summed E-state index contributed by atoms with van der Waals surface area (Å²) in [6, 6.07) is 9.67. The highest BCUT2D eigenvalue weighted by molar-refractivity contribution is 5.92. The van der Waals surface area contributed by atoms with Crippen molar-refractivity contribution in [3.8, 4) is 0 Å². The van der Waals surface area contributed by atoms with Crippen LogP contribution in [0.25, 0.3) is 6.08 Å². The molecule has 0 saturated carbocycles. The summed E-state index contributed by atoms with van der Waals surface area (Å²) in [5.74, 6) is -0.149. The van der Waals surface area contributed by atoms with Crippen molar-refractivity contribution in [1.29, 1.82) is 0 Å². The molecule has 2 aliphatic rings. The van der Waals surface area contributed by atoms with Gasteiger partial charge in [0.05, 0.1) is 6.54 Å². The molecule has 2 heterocycles. The Bertz CT molecular complexity index is 689. The van der Waals surface area contributed by atoms with Crippen LogP contribution in [0.1, 0.15) is 12.0 Å². The Morgan fingerprint density at radius 3 is 2.46 bits per heavy atom. The van der Waals surface area contributed by atoms with Crippen molar-refractivity contribution in [2.45, 2.75) is 6.42 Å². The zero-order valence-corrected chi connectivity index (χ0v) is 14.7. The number of hydrogen-bond donors (Lipinski definition) is 0. The molecule has 1 aromatic rings. The normalized spacial score (nSPS) is 18.2. The number of amides is 3. The fraction of sp³-hybridized carbons (Fsp3) is 0.421. The van der Waals surface area contributed by atoms with E-state index in [0.29, 0.717) is 39.3 Å². The molecule has 0 spiro atoms. The maximum atomic E-state index is 12.4. The van der Waals surface area contributed by atoms with E-state index in [2.05, 4.69) is 0 Å². The molecule has 7 nitrogen and oxygen atoms in total. The van der Waals surface area contributed by atoms with E-state index in [9.17, 15) is 14.4 Å². The number of ether oxygens (including phenoxy) is 1. The standard InChI is InChI=1S/C19H23N3O4/c23-17(8-7-16-5-2-1-3-6-16)20-9-4-10-21(12-11-20)18(24)15-22-13-14-26-19(22)25/h1-3,5-8H,4,9-15H2/b8-7+. The lowest BCUT2D eigenvalue weighted by Crippen LogP contribution is -2.42. The molecule has 1 aromatic carbocycles. The number of hydrogen-bond acceptors (Lipinski definition) is 4. The Balaban J connectivity index is 1.51. The van der Waals surface area contributed by atoms with Gasteiger partial charge in [0, 0.05) is 32.3 Å². The first kappa shape index (κ1) is 18.0. The van der Waals surface area contributed by atoms with Crippen molar-refractivity contribution in [3.63, 3.8) is 0 Å². The molecule has 0 atom stereocenters. The summed E-state index contributed by atoms with van der Waals surface area (Å²) in [7, 11) is 0. The van der Waals surface area contributed by atoms with E-state index in [1.807, 2.05) is 30.3 Å². The first-order valence-corrected chi connectivity index (χ1v) is 8.85. The third-order valence-corrected chi connectivity index (χ3v) is 4.55. The molecule has 0 radical (unpaired) electrons. The topological polar surface area (TPSA) is 70.2 Å². The SMILES string of the molecule is O=C(/C=C/c1ccccc1)N1CCCN(C(=O)CN2CCOC2=O)CC1. The molecular formula is C19H23N3O4. The van der Waals surface area contributed by atoms with Gasteiger partial charge in [-0.15, -0.1) is 0 Å². The van der Waals surface area contributed by atoms with Crippen LogP contribution in [0.3, 0.4) is 0 Å². The Hall–Kier alpha value is -2.83. The number of carbonyl (C=O) groups is 3. The molecule has 3 amide bonds. The summed E-state index contributed by atoms with van der Waals surface area (Å²) in [6.07, 6.45) is 3.67. The summed E-state index contributed by atoms with van der Waals surface area (Å²) >= 11 is 0. The van der Waals surface area contributed by atoms with Crippen LogP contribution in [0.4, 0.5) is 4.79 Å². The summed E-state index contributed by atoms with van der Waals surface area (Å²) < 4.78 is 4.85. The maximum Gasteiger partial charge on any atom is 0.410 e.